The van der Waals surface area contributed by atoms with Crippen LogP contribution in [0.25, 0.3) is 0 Å². The van der Waals surface area contributed by atoms with Crippen molar-refractivity contribution in [2.24, 2.45) is 0 Å². The Morgan fingerprint density at radius 1 is 1.25 bits per heavy atom. The van der Waals surface area contributed by atoms with E-state index in [1.54, 1.807) is 19.2 Å². The number of benzene rings is 1. The molecule has 0 heterocycles. The normalized spacial score (nSPS) is 10.0. The molecule has 0 fully saturated rings. The first-order valence-corrected chi connectivity index (χ1v) is 3.82. The van der Waals surface area contributed by atoms with Crippen molar-refractivity contribution in [2.75, 3.05) is 17.8 Å². The summed E-state index contributed by atoms with van der Waals surface area (Å²) in [5.41, 5.74) is 9.28. The van der Waals surface area contributed by atoms with Gasteiger partial charge < -0.3 is 5.73 Å². The van der Waals surface area contributed by atoms with Crippen LogP contribution in [0.5, 0.6) is 0 Å². The molecule has 1 aromatic rings. The topological polar surface area (TPSA) is 49.5 Å². The third-order valence-electron chi connectivity index (χ3n) is 2.15. The summed E-state index contributed by atoms with van der Waals surface area (Å²) in [5.74, 6) is 0. The van der Waals surface area contributed by atoms with Gasteiger partial charge in [-0.15, -0.1) is 0 Å². The van der Waals surface area contributed by atoms with Crippen LogP contribution in [0, 0.1) is 13.8 Å². The zero-order valence-electron chi connectivity index (χ0n) is 7.63. The second-order valence-corrected chi connectivity index (χ2v) is 2.95. The molecule has 0 amide bonds. The van der Waals surface area contributed by atoms with Crippen molar-refractivity contribution in [3.8, 4) is 0 Å². The minimum Gasteiger partial charge on any atom is -0.399 e. The number of nitrogen functional groups attached to an aromatic ring is 1. The van der Waals surface area contributed by atoms with Crippen LogP contribution < -0.4 is 10.8 Å². The molecule has 3 heteroatoms. The maximum Gasteiger partial charge on any atom is 0.0664 e. The summed E-state index contributed by atoms with van der Waals surface area (Å²) in [4.78, 5) is 0. The number of hydroxylamine groups is 1. The first kappa shape index (κ1) is 8.87. The highest BCUT2D eigenvalue weighted by Gasteiger charge is 2.05. The average Bonchev–Trinajstić information content (AvgIpc) is 2.00. The van der Waals surface area contributed by atoms with Crippen LogP contribution >= 0.6 is 0 Å². The maximum absolute atomic E-state index is 9.21. The van der Waals surface area contributed by atoms with E-state index in [9.17, 15) is 5.21 Å². The Bertz CT molecular complexity index is 295. The van der Waals surface area contributed by atoms with Crippen molar-refractivity contribution in [3.63, 3.8) is 0 Å². The minimum atomic E-state index is 0.762. The van der Waals surface area contributed by atoms with Crippen LogP contribution in [0.15, 0.2) is 12.1 Å². The number of hydrogen-bond donors (Lipinski definition) is 2. The Morgan fingerprint density at radius 2 is 1.83 bits per heavy atom. The highest BCUT2D eigenvalue weighted by molar-refractivity contribution is 5.62. The standard InChI is InChI=1S/C9H14N2O/c1-6-7(2)9(11(3)12)5-4-8(6)10/h4-5,12H,10H2,1-3H3. The Morgan fingerprint density at radius 3 is 2.33 bits per heavy atom. The number of rotatable bonds is 1. The van der Waals surface area contributed by atoms with Crippen molar-refractivity contribution in [1.29, 1.82) is 0 Å². The lowest BCUT2D eigenvalue weighted by Crippen LogP contribution is -2.12. The number of anilines is 2. The fraction of sp³-hybridized carbons (Fsp3) is 0.333. The van der Waals surface area contributed by atoms with E-state index in [1.165, 1.54) is 0 Å². The Hall–Kier alpha value is -1.22. The quantitative estimate of drug-likeness (QED) is 0.493. The molecule has 0 radical (unpaired) electrons. The Balaban J connectivity index is 3.27. The molecule has 1 aromatic carbocycles. The molecule has 0 aliphatic rings. The van der Waals surface area contributed by atoms with Gasteiger partial charge in [0.1, 0.15) is 0 Å². The van der Waals surface area contributed by atoms with Gasteiger partial charge in [-0.2, -0.15) is 0 Å². The highest BCUT2D eigenvalue weighted by atomic mass is 16.5. The zero-order chi connectivity index (χ0) is 9.30. The molecular formula is C9H14N2O. The summed E-state index contributed by atoms with van der Waals surface area (Å²) in [6.45, 7) is 3.88. The second-order valence-electron chi connectivity index (χ2n) is 2.95. The van der Waals surface area contributed by atoms with E-state index in [0.29, 0.717) is 0 Å². The van der Waals surface area contributed by atoms with Gasteiger partial charge in [0.25, 0.3) is 0 Å². The van der Waals surface area contributed by atoms with Crippen LogP contribution in [0.1, 0.15) is 11.1 Å². The Labute approximate surface area is 72.4 Å². The van der Waals surface area contributed by atoms with E-state index in [0.717, 1.165) is 27.6 Å². The predicted octanol–water partition coefficient (Wildman–Crippen LogP) is 1.71. The van der Waals surface area contributed by atoms with Crippen LogP contribution in [-0.4, -0.2) is 12.3 Å². The van der Waals surface area contributed by atoms with Gasteiger partial charge in [-0.05, 0) is 37.1 Å². The Kier molecular flexibility index (Phi) is 2.24. The van der Waals surface area contributed by atoms with E-state index >= 15 is 0 Å². The van der Waals surface area contributed by atoms with Crippen LogP contribution in [0.3, 0.4) is 0 Å². The predicted molar refractivity (Wildman–Crippen MR) is 50.5 cm³/mol. The molecule has 0 aromatic heterocycles. The second kappa shape index (κ2) is 3.03. The van der Waals surface area contributed by atoms with E-state index < -0.39 is 0 Å². The maximum atomic E-state index is 9.21. The van der Waals surface area contributed by atoms with Crippen molar-refractivity contribution in [1.82, 2.24) is 0 Å². The monoisotopic (exact) mass is 166 g/mol. The number of nitrogens with two attached hydrogens (primary N) is 1. The van der Waals surface area contributed by atoms with Gasteiger partial charge in [0, 0.05) is 12.7 Å². The molecule has 0 bridgehead atoms. The lowest BCUT2D eigenvalue weighted by molar-refractivity contribution is 0.279. The first-order valence-electron chi connectivity index (χ1n) is 3.82. The zero-order valence-corrected chi connectivity index (χ0v) is 7.63. The third kappa shape index (κ3) is 1.36. The molecule has 0 unspecified atom stereocenters. The lowest BCUT2D eigenvalue weighted by Gasteiger charge is -2.16. The number of nitrogens with zero attached hydrogens (tertiary/aromatic N) is 1. The molecule has 3 N–H and O–H groups in total. The van der Waals surface area contributed by atoms with Gasteiger partial charge in [-0.3, -0.25) is 10.3 Å². The van der Waals surface area contributed by atoms with Crippen LogP contribution in [0.2, 0.25) is 0 Å². The first-order chi connectivity index (χ1) is 5.54. The number of hydrogen-bond acceptors (Lipinski definition) is 3. The van der Waals surface area contributed by atoms with Gasteiger partial charge in [0.2, 0.25) is 0 Å². The molecule has 0 spiro atoms. The molecule has 0 aliphatic carbocycles. The fourth-order valence-corrected chi connectivity index (χ4v) is 1.18. The van der Waals surface area contributed by atoms with E-state index in [-0.39, 0.29) is 0 Å². The van der Waals surface area contributed by atoms with Gasteiger partial charge in [-0.1, -0.05) is 0 Å². The van der Waals surface area contributed by atoms with Crippen molar-refractivity contribution in [2.45, 2.75) is 13.8 Å². The van der Waals surface area contributed by atoms with Gasteiger partial charge in [0.05, 0.1) is 5.69 Å². The summed E-state index contributed by atoms with van der Waals surface area (Å²) in [6, 6.07) is 3.60. The molecule has 0 saturated carbocycles. The fourth-order valence-electron chi connectivity index (χ4n) is 1.18. The van der Waals surface area contributed by atoms with Gasteiger partial charge in [-0.25, -0.2) is 0 Å². The van der Waals surface area contributed by atoms with Gasteiger partial charge in [0.15, 0.2) is 0 Å². The summed E-state index contributed by atoms with van der Waals surface area (Å²) in [7, 11) is 1.60. The van der Waals surface area contributed by atoms with Crippen LogP contribution in [0.4, 0.5) is 11.4 Å². The molecule has 1 rings (SSSR count). The highest BCUT2D eigenvalue weighted by Crippen LogP contribution is 2.24. The lowest BCUT2D eigenvalue weighted by atomic mass is 10.1. The summed E-state index contributed by atoms with van der Waals surface area (Å²) in [5, 5.41) is 10.3. The molecule has 0 atom stereocenters. The largest absolute Gasteiger partial charge is 0.399 e. The van der Waals surface area contributed by atoms with Crippen molar-refractivity contribution in [3.05, 3.63) is 23.3 Å². The van der Waals surface area contributed by atoms with E-state index in [2.05, 4.69) is 0 Å². The van der Waals surface area contributed by atoms with E-state index in [1.807, 2.05) is 13.8 Å². The molecule has 66 valence electrons. The molecule has 12 heavy (non-hydrogen) atoms. The summed E-state index contributed by atoms with van der Waals surface area (Å²) in [6.07, 6.45) is 0. The van der Waals surface area contributed by atoms with Crippen LogP contribution in [-0.2, 0) is 0 Å². The minimum absolute atomic E-state index is 0.762. The summed E-state index contributed by atoms with van der Waals surface area (Å²) < 4.78 is 0. The van der Waals surface area contributed by atoms with Gasteiger partial charge >= 0.3 is 0 Å². The molecule has 3 nitrogen and oxygen atoms in total. The van der Waals surface area contributed by atoms with Crippen molar-refractivity contribution >= 4 is 11.4 Å². The summed E-state index contributed by atoms with van der Waals surface area (Å²) >= 11 is 0. The molecule has 0 saturated heterocycles. The average molecular weight is 166 g/mol. The third-order valence-corrected chi connectivity index (χ3v) is 2.15. The SMILES string of the molecule is Cc1c(N)ccc(N(C)O)c1C. The van der Waals surface area contributed by atoms with E-state index in [4.69, 9.17) is 5.73 Å². The molecule has 0 aliphatic heterocycles. The smallest absolute Gasteiger partial charge is 0.0664 e. The van der Waals surface area contributed by atoms with Crippen molar-refractivity contribution < 1.29 is 5.21 Å². The molecular weight excluding hydrogens is 152 g/mol.